The van der Waals surface area contributed by atoms with Gasteiger partial charge >= 0.3 is 0 Å². The molecular weight excluding hydrogens is 562 g/mol. The molecule has 6 rings (SSSR count). The third-order valence-electron chi connectivity index (χ3n) is 7.76. The number of carbonyl (C=O) groups is 1. The number of hydrogen-bond donors (Lipinski definition) is 1. The summed E-state index contributed by atoms with van der Waals surface area (Å²) in [6, 6.07) is 14.6. The van der Waals surface area contributed by atoms with Gasteiger partial charge in [-0.1, -0.05) is 6.07 Å². The number of nitrogens with zero attached hydrogens (tertiary/aromatic N) is 5. The van der Waals surface area contributed by atoms with Crippen molar-refractivity contribution in [2.24, 2.45) is 0 Å². The van der Waals surface area contributed by atoms with E-state index >= 15 is 0 Å². The SMILES string of the molecule is O=C(Cc1ccc(Oc2ccnc3cc(OCCCN4CCOCC4)c(CO)cc23)cn1)c1cccc(N2CCOCC2)n1. The first-order valence-corrected chi connectivity index (χ1v) is 15.1. The number of Topliss-reactive ketones (excluding diaryl/α,β-unsaturated/α-hetero) is 1. The summed E-state index contributed by atoms with van der Waals surface area (Å²) in [4.78, 5) is 31.0. The van der Waals surface area contributed by atoms with Crippen LogP contribution in [-0.4, -0.2) is 96.5 Å². The van der Waals surface area contributed by atoms with E-state index in [0.717, 1.165) is 63.6 Å². The number of rotatable bonds is 12. The quantitative estimate of drug-likeness (QED) is 0.190. The Bertz CT molecular complexity index is 1550. The highest BCUT2D eigenvalue weighted by molar-refractivity contribution is 5.95. The van der Waals surface area contributed by atoms with Crippen molar-refractivity contribution in [3.63, 3.8) is 0 Å². The molecule has 0 saturated carbocycles. The number of hydrogen-bond acceptors (Lipinski definition) is 11. The molecule has 0 unspecified atom stereocenters. The fourth-order valence-corrected chi connectivity index (χ4v) is 5.34. The second-order valence-corrected chi connectivity index (χ2v) is 10.8. The molecule has 11 nitrogen and oxygen atoms in total. The van der Waals surface area contributed by atoms with Crippen molar-refractivity contribution < 1.29 is 28.8 Å². The van der Waals surface area contributed by atoms with Gasteiger partial charge in [0.2, 0.25) is 0 Å². The normalized spacial score (nSPS) is 15.8. The van der Waals surface area contributed by atoms with E-state index in [1.54, 1.807) is 36.7 Å². The summed E-state index contributed by atoms with van der Waals surface area (Å²) in [6.07, 6.45) is 4.29. The minimum absolute atomic E-state index is 0.0999. The van der Waals surface area contributed by atoms with Crippen molar-refractivity contribution in [2.75, 3.05) is 70.7 Å². The zero-order chi connectivity index (χ0) is 30.1. The van der Waals surface area contributed by atoms with E-state index in [1.165, 1.54) is 0 Å². The third kappa shape index (κ3) is 7.48. The number of anilines is 1. The van der Waals surface area contributed by atoms with Crippen LogP contribution in [0.25, 0.3) is 10.9 Å². The first-order chi connectivity index (χ1) is 21.7. The molecular formula is C33H37N5O6. The summed E-state index contributed by atoms with van der Waals surface area (Å²) < 4.78 is 23.0. The van der Waals surface area contributed by atoms with Crippen molar-refractivity contribution >= 4 is 22.5 Å². The number of morpholine rings is 2. The van der Waals surface area contributed by atoms with Crippen molar-refractivity contribution in [3.8, 4) is 17.2 Å². The molecule has 3 aromatic heterocycles. The van der Waals surface area contributed by atoms with Crippen molar-refractivity contribution in [3.05, 3.63) is 77.9 Å². The minimum Gasteiger partial charge on any atom is -0.493 e. The van der Waals surface area contributed by atoms with Crippen LogP contribution in [0.15, 0.2) is 60.9 Å². The Kier molecular flexibility index (Phi) is 9.88. The standard InChI is InChI=1S/C33H37N5O6/c39-23-24-19-27-29(21-32(24)43-14-2-9-37-10-15-41-16-11-37)34-8-7-31(27)44-26-6-5-25(35-22-26)20-30(40)28-3-1-4-33(36-28)38-12-17-42-18-13-38/h1,3-8,19,21-22,39H,2,9-18,20,23H2. The summed E-state index contributed by atoms with van der Waals surface area (Å²) in [7, 11) is 0. The molecule has 1 aromatic carbocycles. The molecule has 2 saturated heterocycles. The van der Waals surface area contributed by atoms with Gasteiger partial charge in [0.05, 0.1) is 57.8 Å². The Hall–Kier alpha value is -4.16. The van der Waals surface area contributed by atoms with E-state index in [-0.39, 0.29) is 18.8 Å². The summed E-state index contributed by atoms with van der Waals surface area (Å²) in [5.74, 6) is 2.41. The molecule has 0 atom stereocenters. The van der Waals surface area contributed by atoms with Crippen LogP contribution < -0.4 is 14.4 Å². The van der Waals surface area contributed by atoms with Gasteiger partial charge in [0, 0.05) is 61.6 Å². The number of ketones is 1. The minimum atomic E-state index is -0.169. The lowest BCUT2D eigenvalue weighted by molar-refractivity contribution is 0.0357. The van der Waals surface area contributed by atoms with E-state index < -0.39 is 0 Å². The highest BCUT2D eigenvalue weighted by Crippen LogP contribution is 2.33. The number of aliphatic hydroxyl groups is 1. The Morgan fingerprint density at radius 2 is 1.75 bits per heavy atom. The predicted molar refractivity (Wildman–Crippen MR) is 165 cm³/mol. The molecule has 5 heterocycles. The summed E-state index contributed by atoms with van der Waals surface area (Å²) in [6.45, 7) is 7.59. The number of aliphatic hydroxyl groups excluding tert-OH is 1. The molecule has 44 heavy (non-hydrogen) atoms. The topological polar surface area (TPSA) is 119 Å². The lowest BCUT2D eigenvalue weighted by atomic mass is 10.1. The maximum Gasteiger partial charge on any atom is 0.187 e. The molecule has 0 aliphatic carbocycles. The number of benzene rings is 1. The number of carbonyl (C=O) groups excluding carboxylic acids is 1. The van der Waals surface area contributed by atoms with E-state index in [0.29, 0.717) is 59.5 Å². The second-order valence-electron chi connectivity index (χ2n) is 10.8. The smallest absolute Gasteiger partial charge is 0.187 e. The molecule has 0 bridgehead atoms. The molecule has 11 heteroatoms. The number of ether oxygens (including phenoxy) is 4. The van der Waals surface area contributed by atoms with Crippen LogP contribution in [0.2, 0.25) is 0 Å². The fourth-order valence-electron chi connectivity index (χ4n) is 5.34. The molecule has 0 spiro atoms. The highest BCUT2D eigenvalue weighted by atomic mass is 16.5. The van der Waals surface area contributed by atoms with Gasteiger partial charge in [0.1, 0.15) is 28.8 Å². The van der Waals surface area contributed by atoms with Crippen LogP contribution in [0.3, 0.4) is 0 Å². The maximum absolute atomic E-state index is 13.0. The number of aromatic nitrogens is 3. The van der Waals surface area contributed by atoms with Crippen LogP contribution in [0.5, 0.6) is 17.2 Å². The summed E-state index contributed by atoms with van der Waals surface area (Å²) in [5, 5.41) is 10.8. The van der Waals surface area contributed by atoms with Crippen LogP contribution in [0, 0.1) is 0 Å². The second kappa shape index (κ2) is 14.5. The van der Waals surface area contributed by atoms with Crippen molar-refractivity contribution in [2.45, 2.75) is 19.4 Å². The average molecular weight is 600 g/mol. The van der Waals surface area contributed by atoms with Crippen LogP contribution >= 0.6 is 0 Å². The molecule has 230 valence electrons. The van der Waals surface area contributed by atoms with Gasteiger partial charge in [-0.05, 0) is 42.8 Å². The first kappa shape index (κ1) is 29.9. The van der Waals surface area contributed by atoms with Crippen molar-refractivity contribution in [1.82, 2.24) is 19.9 Å². The molecule has 1 N–H and O–H groups in total. The fraction of sp³-hybridized carbons (Fsp3) is 0.394. The molecule has 0 amide bonds. The zero-order valence-corrected chi connectivity index (χ0v) is 24.7. The summed E-state index contributed by atoms with van der Waals surface area (Å²) in [5.41, 5.74) is 2.41. The van der Waals surface area contributed by atoms with Gasteiger partial charge in [0.25, 0.3) is 0 Å². The lowest BCUT2D eigenvalue weighted by Crippen LogP contribution is -2.37. The van der Waals surface area contributed by atoms with Gasteiger partial charge < -0.3 is 29.0 Å². The predicted octanol–water partition coefficient (Wildman–Crippen LogP) is 3.67. The van der Waals surface area contributed by atoms with Crippen LogP contribution in [0.4, 0.5) is 5.82 Å². The van der Waals surface area contributed by atoms with Crippen LogP contribution in [-0.2, 0) is 22.5 Å². The van der Waals surface area contributed by atoms with Crippen LogP contribution in [0.1, 0.15) is 28.2 Å². The Labute approximate surface area is 256 Å². The average Bonchev–Trinajstić information content (AvgIpc) is 3.08. The van der Waals surface area contributed by atoms with Gasteiger partial charge in [-0.25, -0.2) is 4.98 Å². The van der Waals surface area contributed by atoms with Gasteiger partial charge in [-0.3, -0.25) is 19.7 Å². The monoisotopic (exact) mass is 599 g/mol. The van der Waals surface area contributed by atoms with Gasteiger partial charge in [-0.15, -0.1) is 0 Å². The van der Waals surface area contributed by atoms with E-state index in [9.17, 15) is 9.90 Å². The highest BCUT2D eigenvalue weighted by Gasteiger charge is 2.17. The lowest BCUT2D eigenvalue weighted by Gasteiger charge is -2.27. The van der Waals surface area contributed by atoms with E-state index in [2.05, 4.69) is 24.8 Å². The van der Waals surface area contributed by atoms with Crippen molar-refractivity contribution in [1.29, 1.82) is 0 Å². The Morgan fingerprint density at radius 3 is 2.52 bits per heavy atom. The van der Waals surface area contributed by atoms with E-state index in [4.69, 9.17) is 18.9 Å². The largest absolute Gasteiger partial charge is 0.493 e. The van der Waals surface area contributed by atoms with Gasteiger partial charge in [0.15, 0.2) is 5.78 Å². The molecule has 2 fully saturated rings. The molecule has 0 radical (unpaired) electrons. The summed E-state index contributed by atoms with van der Waals surface area (Å²) >= 11 is 0. The molecule has 2 aliphatic heterocycles. The van der Waals surface area contributed by atoms with E-state index in [1.807, 2.05) is 24.3 Å². The Morgan fingerprint density at radius 1 is 0.932 bits per heavy atom. The maximum atomic E-state index is 13.0. The molecule has 4 aromatic rings. The number of pyridine rings is 3. The zero-order valence-electron chi connectivity index (χ0n) is 24.7. The Balaban J connectivity index is 1.08. The van der Waals surface area contributed by atoms with Gasteiger partial charge in [-0.2, -0.15) is 0 Å². The first-order valence-electron chi connectivity index (χ1n) is 15.1. The third-order valence-corrected chi connectivity index (χ3v) is 7.76. The number of fused-ring (bicyclic) bond motifs is 1. The molecule has 2 aliphatic rings.